The Morgan fingerprint density at radius 2 is 2.12 bits per heavy atom. The van der Waals surface area contributed by atoms with Gasteiger partial charge >= 0.3 is 5.69 Å². The molecule has 2 aliphatic heterocycles. The zero-order chi connectivity index (χ0) is 18.0. The number of β-amino-alcohol motifs (C(OH)–C–C–N with tert-alkyl or cyclic N) is 1. The quantitative estimate of drug-likeness (QED) is 0.759. The maximum Gasteiger partial charge on any atom is 0.345 e. The number of aliphatic hydroxyl groups excluding tert-OH is 1. The number of rotatable bonds is 4. The first-order chi connectivity index (χ1) is 11.9. The number of morpholine rings is 1. The normalized spacial score (nSPS) is 24.9. The lowest BCUT2D eigenvalue weighted by molar-refractivity contribution is -0.00611. The van der Waals surface area contributed by atoms with Crippen molar-refractivity contribution in [2.75, 3.05) is 39.4 Å². The molecule has 1 amide bonds. The summed E-state index contributed by atoms with van der Waals surface area (Å²) in [5, 5.41) is 10.4. The van der Waals surface area contributed by atoms with Gasteiger partial charge in [0, 0.05) is 31.9 Å². The van der Waals surface area contributed by atoms with E-state index >= 15 is 0 Å². The van der Waals surface area contributed by atoms with Gasteiger partial charge in [-0.1, -0.05) is 13.8 Å². The smallest absolute Gasteiger partial charge is 0.345 e. The van der Waals surface area contributed by atoms with Crippen LogP contribution in [0.1, 0.15) is 30.0 Å². The number of aromatic nitrogens is 2. The van der Waals surface area contributed by atoms with Gasteiger partial charge in [-0.15, -0.1) is 0 Å². The number of nitrogens with zero attached hydrogens (tertiary/aromatic N) is 3. The lowest BCUT2D eigenvalue weighted by Crippen LogP contribution is -2.49. The second-order valence-corrected chi connectivity index (χ2v) is 7.19. The molecule has 0 aromatic carbocycles. The van der Waals surface area contributed by atoms with E-state index < -0.39 is 11.8 Å². The van der Waals surface area contributed by atoms with Crippen molar-refractivity contribution >= 4 is 5.91 Å². The van der Waals surface area contributed by atoms with Crippen LogP contribution in [0.25, 0.3) is 0 Å². The molecule has 0 bridgehead atoms. The van der Waals surface area contributed by atoms with E-state index in [9.17, 15) is 14.7 Å². The van der Waals surface area contributed by atoms with Gasteiger partial charge in [-0.25, -0.2) is 4.79 Å². The first-order valence-corrected chi connectivity index (χ1v) is 8.83. The SMILES string of the molecule is CC(C)Cc1cc(C(=O)N2C[C@@H](O)[C@H](N3CCOCC3)C2)nc(=O)[nH]1. The molecule has 2 fully saturated rings. The van der Waals surface area contributed by atoms with Crippen LogP contribution in [0, 0.1) is 5.92 Å². The minimum atomic E-state index is -0.598. The standard InChI is InChI=1S/C17H26N4O4/c1-11(2)7-12-8-13(19-17(24)18-12)16(23)21-9-14(15(22)10-21)20-3-5-25-6-4-20/h8,11,14-15,22H,3-7,9-10H2,1-2H3,(H,18,19,24)/t14-,15-/m1/s1. The second-order valence-electron chi connectivity index (χ2n) is 7.19. The van der Waals surface area contributed by atoms with Crippen molar-refractivity contribution < 1.29 is 14.6 Å². The van der Waals surface area contributed by atoms with Gasteiger partial charge in [0.2, 0.25) is 0 Å². The van der Waals surface area contributed by atoms with E-state index in [2.05, 4.69) is 14.9 Å². The number of H-pyrrole nitrogens is 1. The van der Waals surface area contributed by atoms with E-state index in [0.29, 0.717) is 37.8 Å². The third-order valence-corrected chi connectivity index (χ3v) is 4.71. The van der Waals surface area contributed by atoms with Gasteiger partial charge in [0.1, 0.15) is 5.69 Å². The van der Waals surface area contributed by atoms with Crippen LogP contribution in [0.15, 0.2) is 10.9 Å². The number of carbonyl (C=O) groups excluding carboxylic acids is 1. The lowest BCUT2D eigenvalue weighted by Gasteiger charge is -2.33. The van der Waals surface area contributed by atoms with Crippen LogP contribution in [0.2, 0.25) is 0 Å². The van der Waals surface area contributed by atoms with Crippen molar-refractivity contribution in [3.05, 3.63) is 27.9 Å². The van der Waals surface area contributed by atoms with Crippen molar-refractivity contribution in [2.24, 2.45) is 5.92 Å². The number of hydrogen-bond acceptors (Lipinski definition) is 6. The molecule has 8 heteroatoms. The van der Waals surface area contributed by atoms with E-state index in [1.165, 1.54) is 0 Å². The first-order valence-electron chi connectivity index (χ1n) is 8.83. The lowest BCUT2D eigenvalue weighted by atomic mass is 10.1. The molecular formula is C17H26N4O4. The first kappa shape index (κ1) is 18.0. The van der Waals surface area contributed by atoms with Crippen LogP contribution < -0.4 is 5.69 Å². The maximum atomic E-state index is 12.8. The van der Waals surface area contributed by atoms with E-state index in [0.717, 1.165) is 13.1 Å². The average molecular weight is 350 g/mol. The molecule has 2 N–H and O–H groups in total. The number of aliphatic hydroxyl groups is 1. The van der Waals surface area contributed by atoms with Crippen LogP contribution in [-0.2, 0) is 11.2 Å². The van der Waals surface area contributed by atoms with Gasteiger partial charge in [0.05, 0.1) is 25.4 Å². The van der Waals surface area contributed by atoms with Gasteiger partial charge in [0.15, 0.2) is 0 Å². The monoisotopic (exact) mass is 350 g/mol. The number of ether oxygens (including phenoxy) is 1. The van der Waals surface area contributed by atoms with E-state index in [1.807, 2.05) is 13.8 Å². The second kappa shape index (κ2) is 7.63. The van der Waals surface area contributed by atoms with Crippen molar-refractivity contribution in [1.82, 2.24) is 19.8 Å². The zero-order valence-corrected chi connectivity index (χ0v) is 14.8. The number of carbonyl (C=O) groups is 1. The Balaban J connectivity index is 1.73. The molecule has 2 saturated heterocycles. The van der Waals surface area contributed by atoms with E-state index in [-0.39, 0.29) is 24.2 Å². The Kier molecular flexibility index (Phi) is 5.51. The Hall–Kier alpha value is -1.77. The molecule has 0 spiro atoms. The summed E-state index contributed by atoms with van der Waals surface area (Å²) in [4.78, 5) is 34.8. The van der Waals surface area contributed by atoms with Crippen LogP contribution in [0.5, 0.6) is 0 Å². The van der Waals surface area contributed by atoms with Crippen molar-refractivity contribution in [2.45, 2.75) is 32.4 Å². The molecule has 0 saturated carbocycles. The number of amides is 1. The third-order valence-electron chi connectivity index (χ3n) is 4.71. The molecule has 25 heavy (non-hydrogen) atoms. The van der Waals surface area contributed by atoms with Crippen LogP contribution in [-0.4, -0.2) is 82.3 Å². The summed E-state index contributed by atoms with van der Waals surface area (Å²) in [5.41, 5.74) is 0.350. The fourth-order valence-corrected chi connectivity index (χ4v) is 3.53. The van der Waals surface area contributed by atoms with Crippen LogP contribution >= 0.6 is 0 Å². The predicted octanol–water partition coefficient (Wildman–Crippen LogP) is -0.514. The summed E-state index contributed by atoms with van der Waals surface area (Å²) in [5.74, 6) is 0.0613. The Bertz CT molecular complexity index is 669. The number of nitrogens with one attached hydrogen (secondary N) is 1. The number of likely N-dealkylation sites (tertiary alicyclic amines) is 1. The molecular weight excluding hydrogens is 324 g/mol. The third kappa shape index (κ3) is 4.26. The Morgan fingerprint density at radius 3 is 2.80 bits per heavy atom. The van der Waals surface area contributed by atoms with Gasteiger partial charge in [-0.2, -0.15) is 4.98 Å². The largest absolute Gasteiger partial charge is 0.390 e. The molecule has 8 nitrogen and oxygen atoms in total. The van der Waals surface area contributed by atoms with Crippen molar-refractivity contribution in [3.8, 4) is 0 Å². The van der Waals surface area contributed by atoms with E-state index in [4.69, 9.17) is 4.74 Å². The fourth-order valence-electron chi connectivity index (χ4n) is 3.53. The summed E-state index contributed by atoms with van der Waals surface area (Å²) in [6.07, 6.45) is 0.0797. The van der Waals surface area contributed by atoms with Gasteiger partial charge in [0.25, 0.3) is 5.91 Å². The molecule has 2 atom stereocenters. The highest BCUT2D eigenvalue weighted by molar-refractivity contribution is 5.92. The molecule has 3 rings (SSSR count). The minimum absolute atomic E-state index is 0.0926. The molecule has 3 heterocycles. The summed E-state index contributed by atoms with van der Waals surface area (Å²) in [6, 6.07) is 1.56. The highest BCUT2D eigenvalue weighted by Gasteiger charge is 2.38. The van der Waals surface area contributed by atoms with Crippen LogP contribution in [0.3, 0.4) is 0 Å². The topological polar surface area (TPSA) is 98.8 Å². The number of aromatic amines is 1. The van der Waals surface area contributed by atoms with Crippen molar-refractivity contribution in [3.63, 3.8) is 0 Å². The highest BCUT2D eigenvalue weighted by Crippen LogP contribution is 2.19. The van der Waals surface area contributed by atoms with Gasteiger partial charge < -0.3 is 19.7 Å². The summed E-state index contributed by atoms with van der Waals surface area (Å²) in [7, 11) is 0. The molecule has 0 aliphatic carbocycles. The predicted molar refractivity (Wildman–Crippen MR) is 91.5 cm³/mol. The average Bonchev–Trinajstić information content (AvgIpc) is 2.95. The molecule has 0 radical (unpaired) electrons. The van der Waals surface area contributed by atoms with Gasteiger partial charge in [-0.3, -0.25) is 9.69 Å². The molecule has 1 aromatic heterocycles. The number of hydrogen-bond donors (Lipinski definition) is 2. The molecule has 138 valence electrons. The Labute approximate surface area is 146 Å². The molecule has 1 aromatic rings. The minimum Gasteiger partial charge on any atom is -0.390 e. The highest BCUT2D eigenvalue weighted by atomic mass is 16.5. The Morgan fingerprint density at radius 1 is 1.40 bits per heavy atom. The summed E-state index contributed by atoms with van der Waals surface area (Å²) in [6.45, 7) is 7.59. The maximum absolute atomic E-state index is 12.8. The summed E-state index contributed by atoms with van der Waals surface area (Å²) < 4.78 is 5.34. The van der Waals surface area contributed by atoms with E-state index in [1.54, 1.807) is 11.0 Å². The fraction of sp³-hybridized carbons (Fsp3) is 0.706. The molecule has 2 aliphatic rings. The van der Waals surface area contributed by atoms with Crippen molar-refractivity contribution in [1.29, 1.82) is 0 Å². The zero-order valence-electron chi connectivity index (χ0n) is 14.8. The van der Waals surface area contributed by atoms with Crippen LogP contribution in [0.4, 0.5) is 0 Å². The molecule has 0 unspecified atom stereocenters. The summed E-state index contributed by atoms with van der Waals surface area (Å²) >= 11 is 0. The van der Waals surface area contributed by atoms with Gasteiger partial charge in [-0.05, 0) is 18.4 Å².